The maximum Gasteiger partial charge on any atom is 0.240 e. The number of rotatable bonds is 8. The van der Waals surface area contributed by atoms with Crippen molar-refractivity contribution in [3.05, 3.63) is 30.1 Å². The molecule has 1 aromatic rings. The molecule has 4 nitrogen and oxygen atoms in total. The molecule has 0 saturated heterocycles. The van der Waals surface area contributed by atoms with Crippen LogP contribution in [0.5, 0.6) is 0 Å². The summed E-state index contributed by atoms with van der Waals surface area (Å²) >= 11 is 0. The summed E-state index contributed by atoms with van der Waals surface area (Å²) in [6.45, 7) is 3.53. The molecule has 0 amide bonds. The molecule has 6 heteroatoms. The highest BCUT2D eigenvalue weighted by Gasteiger charge is 2.12. The number of nitrogens with one attached hydrogen (secondary N) is 1. The zero-order valence-electron chi connectivity index (χ0n) is 10.4. The summed E-state index contributed by atoms with van der Waals surface area (Å²) in [5.74, 6) is -0.457. The lowest BCUT2D eigenvalue weighted by Crippen LogP contribution is -2.25. The van der Waals surface area contributed by atoms with E-state index in [0.29, 0.717) is 26.2 Å². The van der Waals surface area contributed by atoms with Crippen LogP contribution >= 0.6 is 0 Å². The van der Waals surface area contributed by atoms with Gasteiger partial charge >= 0.3 is 0 Å². The van der Waals surface area contributed by atoms with Gasteiger partial charge < -0.3 is 4.74 Å². The topological polar surface area (TPSA) is 55.4 Å². The van der Waals surface area contributed by atoms with E-state index >= 15 is 0 Å². The molecule has 0 fully saturated rings. The third-order valence-electron chi connectivity index (χ3n) is 2.23. The highest BCUT2D eigenvalue weighted by Crippen LogP contribution is 2.09. The van der Waals surface area contributed by atoms with Crippen molar-refractivity contribution in [1.82, 2.24) is 4.72 Å². The van der Waals surface area contributed by atoms with Crippen molar-refractivity contribution in [2.45, 2.75) is 24.7 Å². The van der Waals surface area contributed by atoms with E-state index < -0.39 is 15.8 Å². The lowest BCUT2D eigenvalue weighted by molar-refractivity contribution is 0.133. The Morgan fingerprint density at radius 2 is 1.89 bits per heavy atom. The van der Waals surface area contributed by atoms with Crippen molar-refractivity contribution in [3.63, 3.8) is 0 Å². The SMILES string of the molecule is CCCOCCCNS(=O)(=O)c1ccc(F)cc1. The second-order valence-corrected chi connectivity index (χ2v) is 5.58. The van der Waals surface area contributed by atoms with E-state index in [9.17, 15) is 12.8 Å². The standard InChI is InChI=1S/C12H18FNO3S/c1-2-9-17-10-3-8-14-18(15,16)12-6-4-11(13)5-7-12/h4-7,14H,2-3,8-10H2,1H3. The van der Waals surface area contributed by atoms with Gasteiger partial charge in [0.15, 0.2) is 0 Å². The fourth-order valence-corrected chi connectivity index (χ4v) is 2.40. The predicted molar refractivity (Wildman–Crippen MR) is 67.3 cm³/mol. The van der Waals surface area contributed by atoms with E-state index in [0.717, 1.165) is 18.6 Å². The monoisotopic (exact) mass is 275 g/mol. The zero-order chi connectivity index (χ0) is 13.4. The van der Waals surface area contributed by atoms with Crippen LogP contribution in [0.25, 0.3) is 0 Å². The molecule has 0 spiro atoms. The first-order chi connectivity index (χ1) is 8.56. The maximum atomic E-state index is 12.7. The van der Waals surface area contributed by atoms with Crippen LogP contribution in [0.4, 0.5) is 4.39 Å². The van der Waals surface area contributed by atoms with E-state index in [1.54, 1.807) is 0 Å². The molecule has 0 saturated carbocycles. The van der Waals surface area contributed by atoms with Gasteiger partial charge in [-0.15, -0.1) is 0 Å². The molecule has 0 aliphatic carbocycles. The van der Waals surface area contributed by atoms with Crippen LogP contribution in [0.2, 0.25) is 0 Å². The molecule has 0 aliphatic rings. The zero-order valence-corrected chi connectivity index (χ0v) is 11.2. The van der Waals surface area contributed by atoms with Crippen molar-refractivity contribution >= 4 is 10.0 Å². The first-order valence-electron chi connectivity index (χ1n) is 5.89. The summed E-state index contributed by atoms with van der Waals surface area (Å²) in [6, 6.07) is 4.73. The van der Waals surface area contributed by atoms with Crippen LogP contribution in [0.15, 0.2) is 29.2 Å². The molecule has 0 bridgehead atoms. The minimum atomic E-state index is -3.54. The minimum absolute atomic E-state index is 0.0679. The summed E-state index contributed by atoms with van der Waals surface area (Å²) in [5, 5.41) is 0. The fraction of sp³-hybridized carbons (Fsp3) is 0.500. The van der Waals surface area contributed by atoms with Gasteiger partial charge in [-0.2, -0.15) is 0 Å². The lowest BCUT2D eigenvalue weighted by Gasteiger charge is -2.07. The van der Waals surface area contributed by atoms with E-state index in [1.165, 1.54) is 12.1 Å². The van der Waals surface area contributed by atoms with Gasteiger partial charge in [0.1, 0.15) is 5.82 Å². The highest BCUT2D eigenvalue weighted by molar-refractivity contribution is 7.89. The average Bonchev–Trinajstić information content (AvgIpc) is 2.34. The second-order valence-electron chi connectivity index (χ2n) is 3.82. The fourth-order valence-electron chi connectivity index (χ4n) is 1.32. The van der Waals surface area contributed by atoms with Crippen molar-refractivity contribution in [3.8, 4) is 0 Å². The Bertz CT molecular complexity index is 445. The highest BCUT2D eigenvalue weighted by atomic mass is 32.2. The van der Waals surface area contributed by atoms with Crippen LogP contribution in [0.1, 0.15) is 19.8 Å². The Labute approximate surface area is 107 Å². The van der Waals surface area contributed by atoms with Gasteiger partial charge in [0.05, 0.1) is 4.90 Å². The van der Waals surface area contributed by atoms with Crippen molar-refractivity contribution in [1.29, 1.82) is 0 Å². The summed E-state index contributed by atoms with van der Waals surface area (Å²) < 4.78 is 43.9. The van der Waals surface area contributed by atoms with Gasteiger partial charge in [0.2, 0.25) is 10.0 Å². The van der Waals surface area contributed by atoms with Gasteiger partial charge in [-0.05, 0) is 37.1 Å². The average molecular weight is 275 g/mol. The molecule has 18 heavy (non-hydrogen) atoms. The van der Waals surface area contributed by atoms with Gasteiger partial charge in [-0.25, -0.2) is 17.5 Å². The Balaban J connectivity index is 2.38. The number of halogens is 1. The van der Waals surface area contributed by atoms with Crippen LogP contribution in [-0.2, 0) is 14.8 Å². The summed E-state index contributed by atoms with van der Waals surface area (Å²) in [5.41, 5.74) is 0. The minimum Gasteiger partial charge on any atom is -0.381 e. The van der Waals surface area contributed by atoms with E-state index in [1.807, 2.05) is 6.92 Å². The number of hydrogen-bond acceptors (Lipinski definition) is 3. The Morgan fingerprint density at radius 1 is 1.22 bits per heavy atom. The molecular formula is C12H18FNO3S. The molecule has 0 aromatic heterocycles. The van der Waals surface area contributed by atoms with Crippen LogP contribution in [0.3, 0.4) is 0 Å². The van der Waals surface area contributed by atoms with Gasteiger partial charge in [-0.3, -0.25) is 0 Å². The molecule has 0 heterocycles. The summed E-state index contributed by atoms with van der Waals surface area (Å²) in [4.78, 5) is 0.0679. The smallest absolute Gasteiger partial charge is 0.240 e. The Morgan fingerprint density at radius 3 is 2.50 bits per heavy atom. The normalized spacial score (nSPS) is 11.7. The molecule has 0 radical (unpaired) electrons. The molecule has 0 atom stereocenters. The van der Waals surface area contributed by atoms with Crippen molar-refractivity contribution < 1.29 is 17.5 Å². The Kier molecular flexibility index (Phi) is 6.24. The third kappa shape index (κ3) is 5.12. The maximum absolute atomic E-state index is 12.7. The van der Waals surface area contributed by atoms with Gasteiger partial charge in [-0.1, -0.05) is 6.92 Å². The molecular weight excluding hydrogens is 257 g/mol. The summed E-state index contributed by atoms with van der Waals surface area (Å²) in [7, 11) is -3.54. The van der Waals surface area contributed by atoms with Gasteiger partial charge in [0.25, 0.3) is 0 Å². The van der Waals surface area contributed by atoms with Crippen LogP contribution in [-0.4, -0.2) is 28.2 Å². The molecule has 1 N–H and O–H groups in total. The van der Waals surface area contributed by atoms with Crippen molar-refractivity contribution in [2.24, 2.45) is 0 Å². The molecule has 0 unspecified atom stereocenters. The quantitative estimate of drug-likeness (QED) is 0.737. The summed E-state index contributed by atoms with van der Waals surface area (Å²) in [6.07, 6.45) is 1.56. The number of benzene rings is 1. The Hall–Kier alpha value is -0.980. The van der Waals surface area contributed by atoms with Gasteiger partial charge in [0, 0.05) is 19.8 Å². The van der Waals surface area contributed by atoms with Crippen molar-refractivity contribution in [2.75, 3.05) is 19.8 Å². The molecule has 1 aromatic carbocycles. The first kappa shape index (κ1) is 15.1. The van der Waals surface area contributed by atoms with E-state index in [-0.39, 0.29) is 4.90 Å². The number of sulfonamides is 1. The van der Waals surface area contributed by atoms with Crippen LogP contribution < -0.4 is 4.72 Å². The molecule has 102 valence electrons. The number of ether oxygens (including phenoxy) is 1. The lowest BCUT2D eigenvalue weighted by atomic mass is 10.4. The second kappa shape index (κ2) is 7.45. The predicted octanol–water partition coefficient (Wildman–Crippen LogP) is 1.92. The van der Waals surface area contributed by atoms with E-state index in [2.05, 4.69) is 4.72 Å². The molecule has 1 rings (SSSR count). The largest absolute Gasteiger partial charge is 0.381 e. The third-order valence-corrected chi connectivity index (χ3v) is 3.71. The van der Waals surface area contributed by atoms with Crippen LogP contribution in [0, 0.1) is 5.82 Å². The molecule has 0 aliphatic heterocycles. The number of hydrogen-bond donors (Lipinski definition) is 1. The van der Waals surface area contributed by atoms with E-state index in [4.69, 9.17) is 4.74 Å². The first-order valence-corrected chi connectivity index (χ1v) is 7.37.